The molecule has 0 saturated heterocycles. The summed E-state index contributed by atoms with van der Waals surface area (Å²) < 4.78 is 5.20. The Morgan fingerprint density at radius 1 is 1.21 bits per heavy atom. The van der Waals surface area contributed by atoms with Gasteiger partial charge >= 0.3 is 0 Å². The number of hydrogen-bond acceptors (Lipinski definition) is 3. The van der Waals surface area contributed by atoms with E-state index in [1.165, 1.54) is 4.88 Å². The molecule has 0 saturated carbocycles. The summed E-state index contributed by atoms with van der Waals surface area (Å²) in [6.07, 6.45) is 1.11. The summed E-state index contributed by atoms with van der Waals surface area (Å²) in [7, 11) is 1.67. The largest absolute Gasteiger partial charge is 0.497 e. The first-order chi connectivity index (χ1) is 11.5. The maximum atomic E-state index is 5.71. The summed E-state index contributed by atoms with van der Waals surface area (Å²) in [4.78, 5) is 3.61. The maximum Gasteiger partial charge on any atom is 0.173 e. The fourth-order valence-corrected chi connectivity index (χ4v) is 3.58. The Kier molecular flexibility index (Phi) is 7.06. The monoisotopic (exact) mass is 362 g/mol. The molecule has 1 N–H and O–H groups in total. The van der Waals surface area contributed by atoms with Crippen LogP contribution in [0.25, 0.3) is 0 Å². The first-order valence-corrected chi connectivity index (χ1v) is 9.55. The van der Waals surface area contributed by atoms with Gasteiger partial charge in [-0.05, 0) is 67.2 Å². The summed E-state index contributed by atoms with van der Waals surface area (Å²) >= 11 is 7.49. The van der Waals surface area contributed by atoms with Gasteiger partial charge in [-0.15, -0.1) is 11.3 Å². The number of thiocarbonyl (C=S) groups is 1. The van der Waals surface area contributed by atoms with E-state index in [0.717, 1.165) is 29.5 Å². The Morgan fingerprint density at radius 2 is 1.92 bits per heavy atom. The molecule has 24 heavy (non-hydrogen) atoms. The third-order valence-corrected chi connectivity index (χ3v) is 5.35. The molecular formula is C19H26N2OS2. The van der Waals surface area contributed by atoms with E-state index in [9.17, 15) is 0 Å². The molecule has 1 aromatic heterocycles. The van der Waals surface area contributed by atoms with Crippen LogP contribution in [0.4, 0.5) is 5.69 Å². The highest BCUT2D eigenvalue weighted by Gasteiger charge is 2.20. The second-order valence-electron chi connectivity index (χ2n) is 6.23. The third kappa shape index (κ3) is 5.21. The van der Waals surface area contributed by atoms with Gasteiger partial charge in [0.15, 0.2) is 5.11 Å². The molecule has 2 rings (SSSR count). The van der Waals surface area contributed by atoms with E-state index in [4.69, 9.17) is 17.0 Å². The number of nitrogens with one attached hydrogen (secondary N) is 1. The van der Waals surface area contributed by atoms with E-state index in [1.807, 2.05) is 24.3 Å². The van der Waals surface area contributed by atoms with Crippen molar-refractivity contribution in [1.82, 2.24) is 4.90 Å². The molecule has 0 radical (unpaired) electrons. The van der Waals surface area contributed by atoms with Crippen molar-refractivity contribution < 1.29 is 4.74 Å². The topological polar surface area (TPSA) is 24.5 Å². The lowest BCUT2D eigenvalue weighted by atomic mass is 10.1. The van der Waals surface area contributed by atoms with Gasteiger partial charge in [0.1, 0.15) is 5.75 Å². The molecule has 0 aliphatic rings. The number of benzene rings is 1. The second kappa shape index (κ2) is 9.04. The zero-order valence-corrected chi connectivity index (χ0v) is 16.4. The minimum absolute atomic E-state index is 0.266. The Labute approximate surface area is 154 Å². The number of anilines is 1. The molecule has 0 spiro atoms. The number of rotatable bonds is 7. The van der Waals surface area contributed by atoms with E-state index >= 15 is 0 Å². The molecule has 0 aliphatic carbocycles. The molecule has 0 fully saturated rings. The van der Waals surface area contributed by atoms with Crippen LogP contribution >= 0.6 is 23.6 Å². The molecule has 3 nitrogen and oxygen atoms in total. The van der Waals surface area contributed by atoms with E-state index in [-0.39, 0.29) is 6.04 Å². The zero-order valence-electron chi connectivity index (χ0n) is 14.8. The summed E-state index contributed by atoms with van der Waals surface area (Å²) in [5, 5.41) is 6.25. The first-order valence-electron chi connectivity index (χ1n) is 8.26. The molecular weight excluding hydrogens is 336 g/mol. The molecule has 1 atom stereocenters. The summed E-state index contributed by atoms with van der Waals surface area (Å²) in [6.45, 7) is 7.65. The minimum atomic E-state index is 0.266. The average Bonchev–Trinajstić information content (AvgIpc) is 3.09. The van der Waals surface area contributed by atoms with Crippen LogP contribution in [0, 0.1) is 5.92 Å². The van der Waals surface area contributed by atoms with Crippen LogP contribution in [0.3, 0.4) is 0 Å². The Bertz CT molecular complexity index is 623. The van der Waals surface area contributed by atoms with Crippen LogP contribution in [0.15, 0.2) is 41.8 Å². The SMILES string of the molecule is COc1ccc(NC(=S)N(CCC(C)C)C(C)c2cccs2)cc1. The van der Waals surface area contributed by atoms with Crippen molar-refractivity contribution in [2.45, 2.75) is 33.2 Å². The van der Waals surface area contributed by atoms with Crippen LogP contribution < -0.4 is 10.1 Å². The van der Waals surface area contributed by atoms with E-state index in [1.54, 1.807) is 18.4 Å². The zero-order chi connectivity index (χ0) is 17.5. The average molecular weight is 363 g/mol. The van der Waals surface area contributed by atoms with Crippen LogP contribution in [0.1, 0.15) is 38.1 Å². The summed E-state index contributed by atoms with van der Waals surface area (Å²) in [5.74, 6) is 1.49. The van der Waals surface area contributed by atoms with Gasteiger partial charge in [0.05, 0.1) is 13.2 Å². The van der Waals surface area contributed by atoms with Crippen molar-refractivity contribution in [3.8, 4) is 5.75 Å². The fourth-order valence-electron chi connectivity index (χ4n) is 2.42. The van der Waals surface area contributed by atoms with Crippen molar-refractivity contribution in [3.63, 3.8) is 0 Å². The molecule has 1 heterocycles. The predicted octanol–water partition coefficient (Wildman–Crippen LogP) is 5.56. The van der Waals surface area contributed by atoms with Crippen LogP contribution in [-0.2, 0) is 0 Å². The molecule has 0 bridgehead atoms. The van der Waals surface area contributed by atoms with E-state index in [2.05, 4.69) is 48.5 Å². The molecule has 5 heteroatoms. The highest BCUT2D eigenvalue weighted by Crippen LogP contribution is 2.26. The van der Waals surface area contributed by atoms with E-state index in [0.29, 0.717) is 5.92 Å². The maximum absolute atomic E-state index is 5.71. The Balaban J connectivity index is 2.10. The first kappa shape index (κ1) is 18.7. The lowest BCUT2D eigenvalue weighted by Gasteiger charge is -2.32. The third-order valence-electron chi connectivity index (χ3n) is 3.97. The van der Waals surface area contributed by atoms with Crippen LogP contribution in [0.5, 0.6) is 5.75 Å². The molecule has 0 aliphatic heterocycles. The molecule has 130 valence electrons. The van der Waals surface area contributed by atoms with Crippen molar-refractivity contribution in [1.29, 1.82) is 0 Å². The highest BCUT2D eigenvalue weighted by atomic mass is 32.1. The number of methoxy groups -OCH3 is 1. The van der Waals surface area contributed by atoms with Gasteiger partial charge in [-0.1, -0.05) is 19.9 Å². The normalized spacial score (nSPS) is 12.0. The number of nitrogens with zero attached hydrogens (tertiary/aromatic N) is 1. The van der Waals surface area contributed by atoms with Crippen molar-refractivity contribution in [3.05, 3.63) is 46.7 Å². The Morgan fingerprint density at radius 3 is 2.46 bits per heavy atom. The highest BCUT2D eigenvalue weighted by molar-refractivity contribution is 7.80. The molecule has 2 aromatic rings. The van der Waals surface area contributed by atoms with Crippen LogP contribution in [0.2, 0.25) is 0 Å². The van der Waals surface area contributed by atoms with Crippen LogP contribution in [-0.4, -0.2) is 23.7 Å². The molecule has 1 aromatic carbocycles. The van der Waals surface area contributed by atoms with Crippen molar-refractivity contribution in [2.24, 2.45) is 5.92 Å². The summed E-state index contributed by atoms with van der Waals surface area (Å²) in [6, 6.07) is 12.4. The Hall–Kier alpha value is -1.59. The molecule has 1 unspecified atom stereocenters. The lowest BCUT2D eigenvalue weighted by molar-refractivity contribution is 0.322. The number of hydrogen-bond donors (Lipinski definition) is 1. The van der Waals surface area contributed by atoms with E-state index < -0.39 is 0 Å². The fraction of sp³-hybridized carbons (Fsp3) is 0.421. The van der Waals surface area contributed by atoms with Crippen molar-refractivity contribution in [2.75, 3.05) is 19.0 Å². The minimum Gasteiger partial charge on any atom is -0.497 e. The van der Waals surface area contributed by atoms with Gasteiger partial charge in [-0.2, -0.15) is 0 Å². The van der Waals surface area contributed by atoms with Gasteiger partial charge in [0.2, 0.25) is 0 Å². The summed E-state index contributed by atoms with van der Waals surface area (Å²) in [5.41, 5.74) is 0.980. The predicted molar refractivity (Wildman–Crippen MR) is 108 cm³/mol. The van der Waals surface area contributed by atoms with Crippen molar-refractivity contribution >= 4 is 34.4 Å². The number of ether oxygens (including phenoxy) is 1. The standard InChI is InChI=1S/C19H26N2OS2/c1-14(2)11-12-21(15(3)18-6-5-13-24-18)19(23)20-16-7-9-17(22-4)10-8-16/h5-10,13-15H,11-12H2,1-4H3,(H,20,23). The van der Waals surface area contributed by atoms with Gasteiger partial charge < -0.3 is 15.0 Å². The van der Waals surface area contributed by atoms with Gasteiger partial charge in [0, 0.05) is 17.1 Å². The molecule has 0 amide bonds. The quantitative estimate of drug-likeness (QED) is 0.651. The lowest BCUT2D eigenvalue weighted by Crippen LogP contribution is -2.37. The second-order valence-corrected chi connectivity index (χ2v) is 7.59. The van der Waals surface area contributed by atoms with Gasteiger partial charge in [-0.3, -0.25) is 0 Å². The smallest absolute Gasteiger partial charge is 0.173 e. The van der Waals surface area contributed by atoms with Gasteiger partial charge in [0.25, 0.3) is 0 Å². The number of thiophene rings is 1. The van der Waals surface area contributed by atoms with Gasteiger partial charge in [-0.25, -0.2) is 0 Å².